The predicted octanol–water partition coefficient (Wildman–Crippen LogP) is 1.80. The van der Waals surface area contributed by atoms with Gasteiger partial charge in [0.15, 0.2) is 0 Å². The van der Waals surface area contributed by atoms with E-state index < -0.39 is 5.97 Å². The first kappa shape index (κ1) is 12.4. The minimum absolute atomic E-state index is 0.146. The van der Waals surface area contributed by atoms with E-state index in [0.717, 1.165) is 25.9 Å². The van der Waals surface area contributed by atoms with Gasteiger partial charge in [-0.25, -0.2) is 14.8 Å². The molecule has 0 amide bonds. The molecule has 0 fully saturated rings. The van der Waals surface area contributed by atoms with Gasteiger partial charge >= 0.3 is 5.97 Å². The number of aromatic nitrogens is 2. The molecular weight excluding hydrogens is 206 g/mol. The summed E-state index contributed by atoms with van der Waals surface area (Å²) in [4.78, 5) is 20.5. The Balaban J connectivity index is 2.83. The first-order valence-electron chi connectivity index (χ1n) is 5.50. The molecule has 1 aromatic rings. The minimum atomic E-state index is -1.09. The van der Waals surface area contributed by atoms with Crippen LogP contribution < -0.4 is 4.90 Å². The molecule has 0 radical (unpaired) electrons. The quantitative estimate of drug-likeness (QED) is 0.796. The van der Waals surface area contributed by atoms with Gasteiger partial charge in [0.05, 0.1) is 0 Å². The van der Waals surface area contributed by atoms with Gasteiger partial charge in [-0.3, -0.25) is 0 Å². The molecule has 0 atom stereocenters. The first-order chi connectivity index (χ1) is 7.69. The van der Waals surface area contributed by atoms with Crippen LogP contribution in [-0.4, -0.2) is 34.1 Å². The summed E-state index contributed by atoms with van der Waals surface area (Å²) in [6.45, 7) is 5.86. The Morgan fingerprint density at radius 1 is 1.50 bits per heavy atom. The van der Waals surface area contributed by atoms with Crippen LogP contribution in [0.2, 0.25) is 0 Å². The van der Waals surface area contributed by atoms with Gasteiger partial charge in [0, 0.05) is 19.3 Å². The topological polar surface area (TPSA) is 66.3 Å². The summed E-state index contributed by atoms with van der Waals surface area (Å²) >= 11 is 0. The molecule has 0 bridgehead atoms. The second-order valence-corrected chi connectivity index (χ2v) is 3.48. The highest BCUT2D eigenvalue weighted by molar-refractivity contribution is 5.83. The lowest BCUT2D eigenvalue weighted by Gasteiger charge is -2.21. The number of hydrogen-bond acceptors (Lipinski definition) is 4. The number of rotatable bonds is 6. The second kappa shape index (κ2) is 6.05. The molecule has 0 saturated carbocycles. The second-order valence-electron chi connectivity index (χ2n) is 3.48. The Labute approximate surface area is 95.1 Å². The van der Waals surface area contributed by atoms with Crippen molar-refractivity contribution in [2.24, 2.45) is 0 Å². The van der Waals surface area contributed by atoms with Gasteiger partial charge in [-0.2, -0.15) is 0 Å². The van der Waals surface area contributed by atoms with E-state index in [2.05, 4.69) is 21.8 Å². The van der Waals surface area contributed by atoms with Crippen LogP contribution in [0.5, 0.6) is 0 Å². The van der Waals surface area contributed by atoms with Crippen molar-refractivity contribution >= 4 is 11.8 Å². The van der Waals surface area contributed by atoms with Gasteiger partial charge in [-0.15, -0.1) is 0 Å². The average molecular weight is 223 g/mol. The summed E-state index contributed by atoms with van der Waals surface area (Å²) < 4.78 is 0. The highest BCUT2D eigenvalue weighted by Gasteiger charge is 2.10. The van der Waals surface area contributed by atoms with Crippen molar-refractivity contribution < 1.29 is 9.90 Å². The summed E-state index contributed by atoms with van der Waals surface area (Å²) in [7, 11) is 0. The van der Waals surface area contributed by atoms with Crippen LogP contribution in [-0.2, 0) is 0 Å². The fraction of sp³-hybridized carbons (Fsp3) is 0.545. The lowest BCUT2D eigenvalue weighted by atomic mass is 10.3. The van der Waals surface area contributed by atoms with E-state index in [4.69, 9.17) is 5.11 Å². The van der Waals surface area contributed by atoms with Crippen molar-refractivity contribution in [2.45, 2.75) is 26.7 Å². The maximum Gasteiger partial charge on any atom is 0.374 e. The van der Waals surface area contributed by atoms with Crippen molar-refractivity contribution in [2.75, 3.05) is 18.0 Å². The Bertz CT molecular complexity index is 355. The average Bonchev–Trinajstić information content (AvgIpc) is 2.30. The Morgan fingerprint density at radius 3 is 2.81 bits per heavy atom. The molecule has 1 aromatic heterocycles. The molecule has 1 rings (SSSR count). The van der Waals surface area contributed by atoms with Gasteiger partial charge in [-0.1, -0.05) is 13.3 Å². The van der Waals surface area contributed by atoms with Crippen LogP contribution in [0.3, 0.4) is 0 Å². The molecule has 0 aliphatic heterocycles. The molecule has 16 heavy (non-hydrogen) atoms. The number of carbonyl (C=O) groups is 1. The Hall–Kier alpha value is -1.65. The molecule has 5 heteroatoms. The van der Waals surface area contributed by atoms with Crippen LogP contribution in [0.4, 0.5) is 5.82 Å². The molecule has 88 valence electrons. The molecule has 0 spiro atoms. The number of unbranched alkanes of at least 4 members (excludes halogenated alkanes) is 1. The van der Waals surface area contributed by atoms with Crippen molar-refractivity contribution in [1.82, 2.24) is 9.97 Å². The summed E-state index contributed by atoms with van der Waals surface area (Å²) in [5.41, 5.74) is 0. The van der Waals surface area contributed by atoms with E-state index in [-0.39, 0.29) is 5.82 Å². The summed E-state index contributed by atoms with van der Waals surface area (Å²) in [5, 5.41) is 8.80. The lowest BCUT2D eigenvalue weighted by molar-refractivity contribution is 0.0683. The molecule has 0 aromatic carbocycles. The number of carboxylic acids is 1. The summed E-state index contributed by atoms with van der Waals surface area (Å²) in [6, 6.07) is 1.74. The van der Waals surface area contributed by atoms with E-state index >= 15 is 0 Å². The van der Waals surface area contributed by atoms with Crippen LogP contribution in [0.1, 0.15) is 37.3 Å². The third-order valence-corrected chi connectivity index (χ3v) is 2.32. The molecule has 0 aliphatic rings. The Kier molecular flexibility index (Phi) is 4.69. The summed E-state index contributed by atoms with van der Waals surface area (Å²) in [6.07, 6.45) is 3.66. The van der Waals surface area contributed by atoms with E-state index in [1.807, 2.05) is 6.92 Å². The minimum Gasteiger partial charge on any atom is -0.475 e. The van der Waals surface area contributed by atoms with Gasteiger partial charge in [-0.05, 0) is 19.4 Å². The lowest BCUT2D eigenvalue weighted by Crippen LogP contribution is -2.25. The maximum atomic E-state index is 10.7. The van der Waals surface area contributed by atoms with E-state index in [1.165, 1.54) is 6.20 Å². The third kappa shape index (κ3) is 3.18. The zero-order valence-corrected chi connectivity index (χ0v) is 9.68. The number of anilines is 1. The van der Waals surface area contributed by atoms with Crippen LogP contribution >= 0.6 is 0 Å². The molecule has 5 nitrogen and oxygen atoms in total. The zero-order valence-electron chi connectivity index (χ0n) is 9.68. The van der Waals surface area contributed by atoms with E-state index in [1.54, 1.807) is 6.07 Å². The van der Waals surface area contributed by atoms with Crippen molar-refractivity contribution in [1.29, 1.82) is 0 Å². The van der Waals surface area contributed by atoms with Gasteiger partial charge in [0.1, 0.15) is 5.82 Å². The maximum absolute atomic E-state index is 10.7. The SMILES string of the molecule is CCCCN(CC)c1ccnc(C(=O)O)n1. The predicted molar refractivity (Wildman–Crippen MR) is 61.8 cm³/mol. The monoisotopic (exact) mass is 223 g/mol. The fourth-order valence-electron chi connectivity index (χ4n) is 1.41. The van der Waals surface area contributed by atoms with E-state index in [9.17, 15) is 4.79 Å². The highest BCUT2D eigenvalue weighted by Crippen LogP contribution is 2.10. The summed E-state index contributed by atoms with van der Waals surface area (Å²) in [5.74, 6) is -0.552. The first-order valence-corrected chi connectivity index (χ1v) is 5.50. The molecule has 0 saturated heterocycles. The molecule has 0 unspecified atom stereocenters. The van der Waals surface area contributed by atoms with E-state index in [0.29, 0.717) is 5.82 Å². The molecule has 1 N–H and O–H groups in total. The number of aromatic carboxylic acids is 1. The Morgan fingerprint density at radius 2 is 2.25 bits per heavy atom. The van der Waals surface area contributed by atoms with Crippen molar-refractivity contribution in [3.63, 3.8) is 0 Å². The molecule has 0 aliphatic carbocycles. The smallest absolute Gasteiger partial charge is 0.374 e. The van der Waals surface area contributed by atoms with Crippen molar-refractivity contribution in [3.8, 4) is 0 Å². The van der Waals surface area contributed by atoms with Crippen LogP contribution in [0, 0.1) is 0 Å². The molecule has 1 heterocycles. The van der Waals surface area contributed by atoms with Gasteiger partial charge in [0.25, 0.3) is 0 Å². The highest BCUT2D eigenvalue weighted by atomic mass is 16.4. The largest absolute Gasteiger partial charge is 0.475 e. The fourth-order valence-corrected chi connectivity index (χ4v) is 1.41. The normalized spacial score (nSPS) is 10.1. The standard InChI is InChI=1S/C11H17N3O2/c1-3-5-8-14(4-2)9-6-7-12-10(13-9)11(15)16/h6-7H,3-5,8H2,1-2H3,(H,15,16). The van der Waals surface area contributed by atoms with Crippen LogP contribution in [0.25, 0.3) is 0 Å². The van der Waals surface area contributed by atoms with Gasteiger partial charge in [0.2, 0.25) is 5.82 Å². The van der Waals surface area contributed by atoms with Crippen molar-refractivity contribution in [3.05, 3.63) is 18.1 Å². The number of carboxylic acid groups (broad SMARTS) is 1. The third-order valence-electron chi connectivity index (χ3n) is 2.32. The van der Waals surface area contributed by atoms with Gasteiger partial charge < -0.3 is 10.0 Å². The molecular formula is C11H17N3O2. The number of hydrogen-bond donors (Lipinski definition) is 1. The van der Waals surface area contributed by atoms with Crippen LogP contribution in [0.15, 0.2) is 12.3 Å². The zero-order chi connectivity index (χ0) is 12.0. The number of nitrogens with zero attached hydrogens (tertiary/aromatic N) is 3.